The van der Waals surface area contributed by atoms with Crippen LogP contribution in [0.4, 0.5) is 0 Å². The van der Waals surface area contributed by atoms with Crippen molar-refractivity contribution < 1.29 is 9.59 Å². The number of carbonyl (C=O) groups is 2. The quantitative estimate of drug-likeness (QED) is 0.872. The van der Waals surface area contributed by atoms with Gasteiger partial charge < -0.3 is 10.2 Å². The number of rotatable bonds is 6. The minimum Gasteiger partial charge on any atom is -0.346 e. The van der Waals surface area contributed by atoms with Crippen LogP contribution in [0.25, 0.3) is 0 Å². The summed E-state index contributed by atoms with van der Waals surface area (Å²) in [6.45, 7) is 1.27. The van der Waals surface area contributed by atoms with Gasteiger partial charge in [-0.3, -0.25) is 14.6 Å². The lowest BCUT2D eigenvalue weighted by Gasteiger charge is -2.17. The Labute approximate surface area is 140 Å². The SMILES string of the molecule is O=C(N[C@H]1CC(=O)N(CCCc2ccccc2)C1)c1cnccn1. The van der Waals surface area contributed by atoms with E-state index in [0.29, 0.717) is 19.5 Å². The molecule has 1 N–H and O–H groups in total. The lowest BCUT2D eigenvalue weighted by Crippen LogP contribution is -2.37. The van der Waals surface area contributed by atoms with E-state index in [4.69, 9.17) is 0 Å². The van der Waals surface area contributed by atoms with E-state index in [9.17, 15) is 9.59 Å². The van der Waals surface area contributed by atoms with Gasteiger partial charge in [0.15, 0.2) is 0 Å². The van der Waals surface area contributed by atoms with Gasteiger partial charge in [0.2, 0.25) is 5.91 Å². The van der Waals surface area contributed by atoms with Crippen LogP contribution < -0.4 is 5.32 Å². The number of hydrogen-bond acceptors (Lipinski definition) is 4. The topological polar surface area (TPSA) is 75.2 Å². The van der Waals surface area contributed by atoms with Crippen LogP contribution in [0.15, 0.2) is 48.9 Å². The number of nitrogens with zero attached hydrogens (tertiary/aromatic N) is 3. The van der Waals surface area contributed by atoms with E-state index in [1.807, 2.05) is 23.1 Å². The van der Waals surface area contributed by atoms with Gasteiger partial charge in [-0.05, 0) is 18.4 Å². The summed E-state index contributed by atoms with van der Waals surface area (Å²) in [6.07, 6.45) is 6.62. The number of likely N-dealkylation sites (tertiary alicyclic amines) is 1. The largest absolute Gasteiger partial charge is 0.346 e. The fourth-order valence-corrected chi connectivity index (χ4v) is 2.88. The number of nitrogens with one attached hydrogen (secondary N) is 1. The molecular weight excluding hydrogens is 304 g/mol. The third-order valence-corrected chi connectivity index (χ3v) is 4.08. The molecule has 1 aromatic heterocycles. The van der Waals surface area contributed by atoms with Crippen molar-refractivity contribution in [3.63, 3.8) is 0 Å². The highest BCUT2D eigenvalue weighted by Crippen LogP contribution is 2.13. The van der Waals surface area contributed by atoms with Crippen LogP contribution >= 0.6 is 0 Å². The predicted octanol–water partition coefficient (Wildman–Crippen LogP) is 1.44. The van der Waals surface area contributed by atoms with Gasteiger partial charge in [0, 0.05) is 31.9 Å². The van der Waals surface area contributed by atoms with E-state index in [-0.39, 0.29) is 23.6 Å². The minimum atomic E-state index is -0.285. The molecule has 1 aliphatic rings. The Balaban J connectivity index is 1.46. The van der Waals surface area contributed by atoms with Gasteiger partial charge in [-0.2, -0.15) is 0 Å². The Morgan fingerprint density at radius 3 is 2.83 bits per heavy atom. The normalized spacial score (nSPS) is 17.1. The summed E-state index contributed by atoms with van der Waals surface area (Å²) >= 11 is 0. The molecule has 2 aromatic rings. The molecule has 0 spiro atoms. The van der Waals surface area contributed by atoms with Crippen molar-refractivity contribution in [1.29, 1.82) is 0 Å². The Kier molecular flexibility index (Phi) is 5.15. The smallest absolute Gasteiger partial charge is 0.271 e. The molecule has 3 rings (SSSR count). The van der Waals surface area contributed by atoms with Crippen molar-refractivity contribution in [1.82, 2.24) is 20.2 Å². The maximum absolute atomic E-state index is 12.1. The average Bonchev–Trinajstić information content (AvgIpc) is 2.96. The van der Waals surface area contributed by atoms with Gasteiger partial charge in [-0.1, -0.05) is 30.3 Å². The van der Waals surface area contributed by atoms with Crippen LogP contribution in [0, 0.1) is 0 Å². The van der Waals surface area contributed by atoms with E-state index in [1.165, 1.54) is 24.2 Å². The first-order valence-electron chi connectivity index (χ1n) is 8.11. The fourth-order valence-electron chi connectivity index (χ4n) is 2.88. The highest BCUT2D eigenvalue weighted by Gasteiger charge is 2.30. The summed E-state index contributed by atoms with van der Waals surface area (Å²) in [6, 6.07) is 10.1. The Morgan fingerprint density at radius 1 is 1.25 bits per heavy atom. The molecule has 1 aliphatic heterocycles. The first-order valence-corrected chi connectivity index (χ1v) is 8.11. The molecule has 24 heavy (non-hydrogen) atoms. The standard InChI is InChI=1S/C18H20N4O2/c23-17-11-15(21-18(24)16-12-19-8-9-20-16)13-22(17)10-4-7-14-5-2-1-3-6-14/h1-3,5-6,8-9,12,15H,4,7,10-11,13H2,(H,21,24)/t15-/m0/s1. The fraction of sp³-hybridized carbons (Fsp3) is 0.333. The van der Waals surface area contributed by atoms with Crippen LogP contribution in [-0.2, 0) is 11.2 Å². The van der Waals surface area contributed by atoms with E-state index in [0.717, 1.165) is 12.8 Å². The second-order valence-electron chi connectivity index (χ2n) is 5.89. The number of benzene rings is 1. The van der Waals surface area contributed by atoms with Gasteiger partial charge in [0.05, 0.1) is 12.2 Å². The van der Waals surface area contributed by atoms with E-state index >= 15 is 0 Å². The highest BCUT2D eigenvalue weighted by atomic mass is 16.2. The average molecular weight is 324 g/mol. The Hall–Kier alpha value is -2.76. The Bertz CT molecular complexity index is 691. The molecule has 1 fully saturated rings. The maximum atomic E-state index is 12.1. The van der Waals surface area contributed by atoms with Crippen LogP contribution in [0.3, 0.4) is 0 Å². The van der Waals surface area contributed by atoms with Gasteiger partial charge in [0.25, 0.3) is 5.91 Å². The van der Waals surface area contributed by atoms with Gasteiger partial charge >= 0.3 is 0 Å². The van der Waals surface area contributed by atoms with Crippen LogP contribution in [0.2, 0.25) is 0 Å². The van der Waals surface area contributed by atoms with Gasteiger partial charge in [-0.25, -0.2) is 4.98 Å². The molecule has 0 bridgehead atoms. The molecule has 1 saturated heterocycles. The number of aryl methyl sites for hydroxylation is 1. The zero-order valence-electron chi connectivity index (χ0n) is 13.4. The number of aromatic nitrogens is 2. The highest BCUT2D eigenvalue weighted by molar-refractivity contribution is 5.93. The first kappa shape index (κ1) is 16.1. The van der Waals surface area contributed by atoms with Crippen molar-refractivity contribution in [2.45, 2.75) is 25.3 Å². The van der Waals surface area contributed by atoms with Gasteiger partial charge in [0.1, 0.15) is 5.69 Å². The van der Waals surface area contributed by atoms with Crippen molar-refractivity contribution in [3.05, 3.63) is 60.2 Å². The molecular formula is C18H20N4O2. The molecule has 124 valence electrons. The third-order valence-electron chi connectivity index (χ3n) is 4.08. The molecule has 2 heterocycles. The maximum Gasteiger partial charge on any atom is 0.271 e. The molecule has 0 radical (unpaired) electrons. The molecule has 1 atom stereocenters. The van der Waals surface area contributed by atoms with Gasteiger partial charge in [-0.15, -0.1) is 0 Å². The second kappa shape index (κ2) is 7.68. The summed E-state index contributed by atoms with van der Waals surface area (Å²) in [4.78, 5) is 33.8. The molecule has 2 amide bonds. The molecule has 0 unspecified atom stereocenters. The number of carbonyl (C=O) groups excluding carboxylic acids is 2. The van der Waals surface area contributed by atoms with Crippen LogP contribution in [-0.4, -0.2) is 45.8 Å². The monoisotopic (exact) mass is 324 g/mol. The lowest BCUT2D eigenvalue weighted by atomic mass is 10.1. The second-order valence-corrected chi connectivity index (χ2v) is 5.89. The van der Waals surface area contributed by atoms with Crippen molar-refractivity contribution in [2.24, 2.45) is 0 Å². The van der Waals surface area contributed by atoms with Crippen molar-refractivity contribution >= 4 is 11.8 Å². The molecule has 6 heteroatoms. The summed E-state index contributed by atoms with van der Waals surface area (Å²) in [5, 5.41) is 2.86. The molecule has 6 nitrogen and oxygen atoms in total. The van der Waals surface area contributed by atoms with Crippen LogP contribution in [0.5, 0.6) is 0 Å². The van der Waals surface area contributed by atoms with Crippen LogP contribution in [0.1, 0.15) is 28.9 Å². The molecule has 0 saturated carbocycles. The summed E-state index contributed by atoms with van der Waals surface area (Å²) in [7, 11) is 0. The van der Waals surface area contributed by atoms with E-state index < -0.39 is 0 Å². The van der Waals surface area contributed by atoms with E-state index in [1.54, 1.807) is 0 Å². The molecule has 1 aromatic carbocycles. The van der Waals surface area contributed by atoms with Crippen molar-refractivity contribution in [3.8, 4) is 0 Å². The predicted molar refractivity (Wildman–Crippen MR) is 89.2 cm³/mol. The first-order chi connectivity index (χ1) is 11.7. The number of hydrogen-bond donors (Lipinski definition) is 1. The zero-order chi connectivity index (χ0) is 16.8. The number of amides is 2. The zero-order valence-corrected chi connectivity index (χ0v) is 13.4. The third kappa shape index (κ3) is 4.16. The minimum absolute atomic E-state index is 0.0903. The van der Waals surface area contributed by atoms with Crippen molar-refractivity contribution in [2.75, 3.05) is 13.1 Å². The Morgan fingerprint density at radius 2 is 2.08 bits per heavy atom. The van der Waals surface area contributed by atoms with E-state index in [2.05, 4.69) is 27.4 Å². The summed E-state index contributed by atoms with van der Waals surface area (Å²) in [5.41, 5.74) is 1.55. The lowest BCUT2D eigenvalue weighted by molar-refractivity contribution is -0.127. The summed E-state index contributed by atoms with van der Waals surface area (Å²) < 4.78 is 0. The summed E-state index contributed by atoms with van der Waals surface area (Å²) in [5.74, 6) is -0.195. The molecule has 0 aliphatic carbocycles.